The van der Waals surface area contributed by atoms with E-state index in [4.69, 9.17) is 28.4 Å². The van der Waals surface area contributed by atoms with Crippen molar-refractivity contribution in [2.24, 2.45) is 0 Å². The zero-order chi connectivity index (χ0) is 29.7. The van der Waals surface area contributed by atoms with Gasteiger partial charge in [-0.2, -0.15) is 0 Å². The molecule has 0 aliphatic heterocycles. The van der Waals surface area contributed by atoms with Gasteiger partial charge in [-0.25, -0.2) is 0 Å². The molecule has 0 aromatic rings. The van der Waals surface area contributed by atoms with E-state index in [0.29, 0.717) is 13.2 Å². The van der Waals surface area contributed by atoms with Gasteiger partial charge < -0.3 is 28.4 Å². The first-order valence-corrected chi connectivity index (χ1v) is 15.2. The Balaban J connectivity index is 5.49. The molecule has 0 aliphatic rings. The van der Waals surface area contributed by atoms with Crippen LogP contribution < -0.4 is 0 Å². The summed E-state index contributed by atoms with van der Waals surface area (Å²) in [6.07, 6.45) is 5.05. The van der Waals surface area contributed by atoms with Crippen LogP contribution in [0.1, 0.15) is 136 Å². The molecule has 0 aromatic heterocycles. The van der Waals surface area contributed by atoms with E-state index in [0.717, 1.165) is 32.1 Å². The summed E-state index contributed by atoms with van der Waals surface area (Å²) < 4.78 is 37.9. The number of ether oxygens (including phenoxy) is 6. The van der Waals surface area contributed by atoms with Crippen LogP contribution in [0.4, 0.5) is 0 Å². The highest BCUT2D eigenvalue weighted by Crippen LogP contribution is 2.29. The van der Waals surface area contributed by atoms with Crippen molar-refractivity contribution in [2.75, 3.05) is 13.2 Å². The molecule has 0 rings (SSSR count). The number of hydrogen-bond acceptors (Lipinski definition) is 6. The van der Waals surface area contributed by atoms with E-state index in [1.165, 1.54) is 0 Å². The fourth-order valence-corrected chi connectivity index (χ4v) is 5.11. The summed E-state index contributed by atoms with van der Waals surface area (Å²) in [5.41, 5.74) is -1.04. The smallest absolute Gasteiger partial charge is 0.105 e. The second-order valence-corrected chi connectivity index (χ2v) is 13.5. The van der Waals surface area contributed by atoms with Crippen LogP contribution in [0.2, 0.25) is 0 Å². The maximum Gasteiger partial charge on any atom is 0.105 e. The Hall–Kier alpha value is -0.240. The van der Waals surface area contributed by atoms with Gasteiger partial charge >= 0.3 is 0 Å². The van der Waals surface area contributed by atoms with Crippen LogP contribution in [0.5, 0.6) is 0 Å². The van der Waals surface area contributed by atoms with Crippen LogP contribution in [-0.2, 0) is 28.4 Å². The van der Waals surface area contributed by atoms with E-state index >= 15 is 0 Å². The molecule has 0 spiro atoms. The number of hydrogen-bond donors (Lipinski definition) is 0. The molecule has 0 fully saturated rings. The average molecular weight is 547 g/mol. The molecule has 0 bridgehead atoms. The van der Waals surface area contributed by atoms with Gasteiger partial charge in [0.05, 0.1) is 66.6 Å². The van der Waals surface area contributed by atoms with Gasteiger partial charge in [0.2, 0.25) is 0 Å². The summed E-state index contributed by atoms with van der Waals surface area (Å²) in [6.45, 7) is 32.7. The predicted molar refractivity (Wildman–Crippen MR) is 159 cm³/mol. The molecular formula is C32H66O6. The van der Waals surface area contributed by atoms with Gasteiger partial charge in [-0.1, -0.05) is 13.8 Å². The first kappa shape index (κ1) is 37.8. The van der Waals surface area contributed by atoms with Gasteiger partial charge in [-0.15, -0.1) is 0 Å². The molecule has 0 radical (unpaired) electrons. The molecule has 0 saturated carbocycles. The Kier molecular flexibility index (Phi) is 17.4. The van der Waals surface area contributed by atoms with Gasteiger partial charge in [0.25, 0.3) is 0 Å². The average Bonchev–Trinajstić information content (AvgIpc) is 2.73. The van der Waals surface area contributed by atoms with Crippen LogP contribution in [-0.4, -0.2) is 72.7 Å². The summed E-state index contributed by atoms with van der Waals surface area (Å²) in [6, 6.07) is 0. The Morgan fingerprint density at radius 2 is 0.921 bits per heavy atom. The third-order valence-corrected chi connectivity index (χ3v) is 6.84. The Bertz CT molecular complexity index is 571. The molecule has 0 N–H and O–H groups in total. The normalized spacial score (nSPS) is 18.9. The van der Waals surface area contributed by atoms with Gasteiger partial charge in [0.15, 0.2) is 0 Å². The second-order valence-electron chi connectivity index (χ2n) is 13.5. The largest absolute Gasteiger partial charge is 0.376 e. The van der Waals surface area contributed by atoms with Gasteiger partial charge in [-0.05, 0) is 103 Å². The fourth-order valence-electron chi connectivity index (χ4n) is 5.11. The zero-order valence-electron chi connectivity index (χ0n) is 27.9. The van der Waals surface area contributed by atoms with Crippen molar-refractivity contribution >= 4 is 0 Å². The SMILES string of the molecule is CCC(C)OC(C)CC(C)(CC)OC(COC(C)(C)CC(C)OC(C)C)COC(C)(C)CC(C)OC(C)C. The molecule has 38 heavy (non-hydrogen) atoms. The quantitative estimate of drug-likeness (QED) is 0.137. The van der Waals surface area contributed by atoms with Crippen molar-refractivity contribution in [3.8, 4) is 0 Å². The first-order chi connectivity index (χ1) is 17.3. The van der Waals surface area contributed by atoms with Crippen LogP contribution in [0.3, 0.4) is 0 Å². The zero-order valence-corrected chi connectivity index (χ0v) is 27.9. The fraction of sp³-hybridized carbons (Fsp3) is 1.00. The summed E-state index contributed by atoms with van der Waals surface area (Å²) in [5, 5.41) is 0. The molecule has 0 aliphatic carbocycles. The minimum Gasteiger partial charge on any atom is -0.376 e. The highest BCUT2D eigenvalue weighted by atomic mass is 16.6. The molecular weight excluding hydrogens is 480 g/mol. The maximum absolute atomic E-state index is 6.81. The molecule has 0 aromatic carbocycles. The van der Waals surface area contributed by atoms with Gasteiger partial charge in [0, 0.05) is 19.3 Å². The predicted octanol–water partition coefficient (Wildman–Crippen LogP) is 8.13. The third kappa shape index (κ3) is 18.2. The molecule has 6 heteroatoms. The minimum atomic E-state index is -0.347. The third-order valence-electron chi connectivity index (χ3n) is 6.84. The van der Waals surface area contributed by atoms with E-state index in [-0.39, 0.29) is 59.5 Å². The molecule has 0 saturated heterocycles. The number of rotatable bonds is 22. The van der Waals surface area contributed by atoms with Gasteiger partial charge in [-0.3, -0.25) is 0 Å². The molecule has 5 atom stereocenters. The van der Waals surface area contributed by atoms with E-state index in [2.05, 4.69) is 104 Å². The monoisotopic (exact) mass is 546 g/mol. The van der Waals surface area contributed by atoms with Crippen LogP contribution >= 0.6 is 0 Å². The van der Waals surface area contributed by atoms with Crippen molar-refractivity contribution in [2.45, 2.75) is 195 Å². The summed E-state index contributed by atoms with van der Waals surface area (Å²) >= 11 is 0. The van der Waals surface area contributed by atoms with Crippen LogP contribution in [0.15, 0.2) is 0 Å². The van der Waals surface area contributed by atoms with Crippen molar-refractivity contribution < 1.29 is 28.4 Å². The van der Waals surface area contributed by atoms with Gasteiger partial charge in [0.1, 0.15) is 6.10 Å². The van der Waals surface area contributed by atoms with E-state index in [1.54, 1.807) is 0 Å². The lowest BCUT2D eigenvalue weighted by atomic mass is 9.95. The first-order valence-electron chi connectivity index (χ1n) is 15.2. The highest BCUT2D eigenvalue weighted by molar-refractivity contribution is 4.82. The summed E-state index contributed by atoms with van der Waals surface area (Å²) in [7, 11) is 0. The van der Waals surface area contributed by atoms with Crippen LogP contribution in [0, 0.1) is 0 Å². The lowest BCUT2D eigenvalue weighted by Gasteiger charge is -2.39. The molecule has 0 heterocycles. The molecule has 5 unspecified atom stereocenters. The highest BCUT2D eigenvalue weighted by Gasteiger charge is 2.33. The summed E-state index contributed by atoms with van der Waals surface area (Å²) in [5.74, 6) is 0. The minimum absolute atomic E-state index is 0.105. The van der Waals surface area contributed by atoms with E-state index < -0.39 is 0 Å². The van der Waals surface area contributed by atoms with Crippen molar-refractivity contribution in [3.05, 3.63) is 0 Å². The standard InChI is InChI=1S/C32H66O6/c1-16-25(7)37-28(10)20-32(15,17-2)38-29(21-33-30(11,12)18-26(8)35-23(3)4)22-34-31(13,14)19-27(9)36-24(5)6/h23-29H,16-22H2,1-15H3. The van der Waals surface area contributed by atoms with Crippen LogP contribution in [0.25, 0.3) is 0 Å². The molecule has 6 nitrogen and oxygen atoms in total. The van der Waals surface area contributed by atoms with Crippen molar-refractivity contribution in [1.29, 1.82) is 0 Å². The Labute approximate surface area is 237 Å². The summed E-state index contributed by atoms with van der Waals surface area (Å²) in [4.78, 5) is 0. The van der Waals surface area contributed by atoms with Crippen molar-refractivity contribution in [3.63, 3.8) is 0 Å². The van der Waals surface area contributed by atoms with E-state index in [9.17, 15) is 0 Å². The Morgan fingerprint density at radius 3 is 1.26 bits per heavy atom. The van der Waals surface area contributed by atoms with E-state index in [1.807, 2.05) is 0 Å². The molecule has 230 valence electrons. The topological polar surface area (TPSA) is 55.4 Å². The van der Waals surface area contributed by atoms with Crippen molar-refractivity contribution in [1.82, 2.24) is 0 Å². The Morgan fingerprint density at radius 1 is 0.526 bits per heavy atom. The maximum atomic E-state index is 6.81. The second kappa shape index (κ2) is 17.5. The lowest BCUT2D eigenvalue weighted by Crippen LogP contribution is -2.44. The molecule has 0 amide bonds. The lowest BCUT2D eigenvalue weighted by molar-refractivity contribution is -0.188.